The maximum atomic E-state index is 11.9. The predicted octanol–water partition coefficient (Wildman–Crippen LogP) is 2.02. The number of hydrogen-bond acceptors (Lipinski definition) is 3. The summed E-state index contributed by atoms with van der Waals surface area (Å²) in [6, 6.07) is 4.56. The van der Waals surface area contributed by atoms with Crippen LogP contribution in [0.2, 0.25) is 5.02 Å². The molecule has 1 atom stereocenters. The molecule has 0 bridgehead atoms. The molecule has 1 aromatic rings. The Labute approximate surface area is 119 Å². The maximum Gasteiger partial charge on any atom is 0.251 e. The Morgan fingerprint density at radius 1 is 1.44 bits per heavy atom. The number of hydrogen-bond donors (Lipinski definition) is 1. The third-order valence-electron chi connectivity index (χ3n) is 2.75. The third kappa shape index (κ3) is 3.24. The van der Waals surface area contributed by atoms with Crippen molar-refractivity contribution in [3.8, 4) is 0 Å². The van der Waals surface area contributed by atoms with Crippen LogP contribution in [0.1, 0.15) is 16.8 Å². The molecule has 1 aromatic carbocycles. The number of rotatable bonds is 2. The van der Waals surface area contributed by atoms with Gasteiger partial charge >= 0.3 is 0 Å². The third-order valence-corrected chi connectivity index (χ3v) is 5.75. The Morgan fingerprint density at radius 3 is 2.72 bits per heavy atom. The molecule has 0 spiro atoms. The van der Waals surface area contributed by atoms with Crippen LogP contribution in [0.4, 0.5) is 0 Å². The zero-order valence-electron chi connectivity index (χ0n) is 9.32. The van der Waals surface area contributed by atoms with Crippen LogP contribution in [0.15, 0.2) is 22.7 Å². The molecule has 0 aliphatic carbocycles. The largest absolute Gasteiger partial charge is 0.348 e. The molecule has 7 heteroatoms. The molecule has 1 fully saturated rings. The van der Waals surface area contributed by atoms with Crippen molar-refractivity contribution in [1.82, 2.24) is 5.32 Å². The maximum absolute atomic E-state index is 11.9. The fraction of sp³-hybridized carbons (Fsp3) is 0.364. The molecular weight excluding hydrogens is 342 g/mol. The van der Waals surface area contributed by atoms with Crippen LogP contribution in [-0.4, -0.2) is 31.9 Å². The summed E-state index contributed by atoms with van der Waals surface area (Å²) >= 11 is 9.14. The van der Waals surface area contributed by atoms with Crippen LogP contribution in [-0.2, 0) is 9.84 Å². The minimum Gasteiger partial charge on any atom is -0.348 e. The zero-order chi connectivity index (χ0) is 13.3. The van der Waals surface area contributed by atoms with Gasteiger partial charge in [0.05, 0.1) is 16.5 Å². The lowest BCUT2D eigenvalue weighted by atomic mass is 10.2. The van der Waals surface area contributed by atoms with E-state index in [4.69, 9.17) is 11.6 Å². The van der Waals surface area contributed by atoms with Gasteiger partial charge in [-0.25, -0.2) is 8.42 Å². The van der Waals surface area contributed by atoms with Crippen molar-refractivity contribution >= 4 is 43.3 Å². The van der Waals surface area contributed by atoms with Crippen molar-refractivity contribution in [3.63, 3.8) is 0 Å². The van der Waals surface area contributed by atoms with E-state index in [9.17, 15) is 13.2 Å². The summed E-state index contributed by atoms with van der Waals surface area (Å²) in [7, 11) is -2.99. The van der Waals surface area contributed by atoms with Gasteiger partial charge < -0.3 is 5.32 Å². The van der Waals surface area contributed by atoms with Crippen LogP contribution in [0.25, 0.3) is 0 Å². The van der Waals surface area contributed by atoms with E-state index in [0.717, 1.165) is 0 Å². The van der Waals surface area contributed by atoms with Crippen LogP contribution < -0.4 is 5.32 Å². The molecule has 2 rings (SSSR count). The number of halogens is 2. The lowest BCUT2D eigenvalue weighted by Crippen LogP contribution is -2.35. The molecule has 1 amide bonds. The summed E-state index contributed by atoms with van der Waals surface area (Å²) in [4.78, 5) is 11.9. The molecule has 18 heavy (non-hydrogen) atoms. The molecule has 1 aliphatic rings. The molecule has 1 heterocycles. The van der Waals surface area contributed by atoms with Gasteiger partial charge in [0.1, 0.15) is 0 Å². The lowest BCUT2D eigenvalue weighted by Gasteiger charge is -2.11. The van der Waals surface area contributed by atoms with Gasteiger partial charge in [0.15, 0.2) is 9.84 Å². The SMILES string of the molecule is O=C(NC1CCS(=O)(=O)C1)c1ccc(Br)c(Cl)c1. The smallest absolute Gasteiger partial charge is 0.251 e. The Kier molecular flexibility index (Phi) is 3.99. The molecule has 1 N–H and O–H groups in total. The van der Waals surface area contributed by atoms with Crippen molar-refractivity contribution in [2.24, 2.45) is 0 Å². The molecule has 0 saturated carbocycles. The Bertz CT molecular complexity index is 588. The zero-order valence-corrected chi connectivity index (χ0v) is 12.5. The van der Waals surface area contributed by atoms with E-state index < -0.39 is 9.84 Å². The average molecular weight is 353 g/mol. The molecule has 98 valence electrons. The van der Waals surface area contributed by atoms with E-state index in [0.29, 0.717) is 21.5 Å². The minimum atomic E-state index is -2.99. The second-order valence-corrected chi connectivity index (χ2v) is 7.69. The quantitative estimate of drug-likeness (QED) is 0.885. The Balaban J connectivity index is 2.06. The highest BCUT2D eigenvalue weighted by Gasteiger charge is 2.29. The number of benzene rings is 1. The summed E-state index contributed by atoms with van der Waals surface area (Å²) in [5.41, 5.74) is 0.424. The predicted molar refractivity (Wildman–Crippen MR) is 73.7 cm³/mol. The number of nitrogens with one attached hydrogen (secondary N) is 1. The molecule has 1 aliphatic heterocycles. The highest BCUT2D eigenvalue weighted by atomic mass is 79.9. The Morgan fingerprint density at radius 2 is 2.17 bits per heavy atom. The number of amides is 1. The topological polar surface area (TPSA) is 63.2 Å². The van der Waals surface area contributed by atoms with Crippen molar-refractivity contribution in [2.75, 3.05) is 11.5 Å². The summed E-state index contributed by atoms with van der Waals surface area (Å²) in [5.74, 6) is -0.145. The highest BCUT2D eigenvalue weighted by Crippen LogP contribution is 2.23. The average Bonchev–Trinajstić information content (AvgIpc) is 2.62. The monoisotopic (exact) mass is 351 g/mol. The number of carbonyl (C=O) groups is 1. The standard InChI is InChI=1S/C11H11BrClNO3S/c12-9-2-1-7(5-10(9)13)11(15)14-8-3-4-18(16,17)6-8/h1-2,5,8H,3-4,6H2,(H,14,15). The van der Waals surface area contributed by atoms with Crippen LogP contribution >= 0.6 is 27.5 Å². The fourth-order valence-corrected chi connectivity index (χ4v) is 3.92. The van der Waals surface area contributed by atoms with Crippen LogP contribution in [0, 0.1) is 0 Å². The summed E-state index contributed by atoms with van der Waals surface area (Å²) in [6.07, 6.45) is 0.471. The van der Waals surface area contributed by atoms with Gasteiger partial charge in [-0.05, 0) is 40.5 Å². The normalized spacial score (nSPS) is 21.8. The first kappa shape index (κ1) is 13.8. The second kappa shape index (κ2) is 5.19. The van der Waals surface area contributed by atoms with E-state index in [2.05, 4.69) is 21.2 Å². The van der Waals surface area contributed by atoms with E-state index >= 15 is 0 Å². The second-order valence-electron chi connectivity index (χ2n) is 4.20. The molecule has 4 nitrogen and oxygen atoms in total. The summed E-state index contributed by atoms with van der Waals surface area (Å²) in [5, 5.41) is 3.15. The van der Waals surface area contributed by atoms with Crippen molar-refractivity contribution in [1.29, 1.82) is 0 Å². The van der Waals surface area contributed by atoms with Gasteiger partial charge in [0, 0.05) is 16.1 Å². The van der Waals surface area contributed by atoms with Gasteiger partial charge in [-0.3, -0.25) is 4.79 Å². The van der Waals surface area contributed by atoms with E-state index in [1.54, 1.807) is 18.2 Å². The van der Waals surface area contributed by atoms with Crippen molar-refractivity contribution in [2.45, 2.75) is 12.5 Å². The van der Waals surface area contributed by atoms with Crippen LogP contribution in [0.3, 0.4) is 0 Å². The minimum absolute atomic E-state index is 0.0169. The molecule has 1 saturated heterocycles. The van der Waals surface area contributed by atoms with Crippen molar-refractivity contribution < 1.29 is 13.2 Å². The van der Waals surface area contributed by atoms with Gasteiger partial charge in [0.2, 0.25) is 0 Å². The van der Waals surface area contributed by atoms with E-state index in [1.807, 2.05) is 0 Å². The highest BCUT2D eigenvalue weighted by molar-refractivity contribution is 9.10. The molecule has 1 unspecified atom stereocenters. The summed E-state index contributed by atoms with van der Waals surface area (Å²) < 4.78 is 23.3. The van der Waals surface area contributed by atoms with Gasteiger partial charge in [0.25, 0.3) is 5.91 Å². The Hall–Kier alpha value is -0.590. The lowest BCUT2D eigenvalue weighted by molar-refractivity contribution is 0.0941. The first-order valence-electron chi connectivity index (χ1n) is 5.34. The molecule has 0 aromatic heterocycles. The fourth-order valence-electron chi connectivity index (χ4n) is 1.81. The van der Waals surface area contributed by atoms with Crippen molar-refractivity contribution in [3.05, 3.63) is 33.3 Å². The first-order valence-corrected chi connectivity index (χ1v) is 8.33. The summed E-state index contributed by atoms with van der Waals surface area (Å²) in [6.45, 7) is 0. The molecular formula is C11H11BrClNO3S. The first-order chi connectivity index (χ1) is 8.37. The number of sulfone groups is 1. The molecule has 0 radical (unpaired) electrons. The van der Waals surface area contributed by atoms with E-state index in [1.165, 1.54) is 0 Å². The van der Waals surface area contributed by atoms with Gasteiger partial charge in [-0.15, -0.1) is 0 Å². The number of carbonyl (C=O) groups excluding carboxylic acids is 1. The van der Waals surface area contributed by atoms with Gasteiger partial charge in [-0.2, -0.15) is 0 Å². The van der Waals surface area contributed by atoms with E-state index in [-0.39, 0.29) is 23.5 Å². The van der Waals surface area contributed by atoms with Crippen LogP contribution in [0.5, 0.6) is 0 Å². The van der Waals surface area contributed by atoms with Gasteiger partial charge in [-0.1, -0.05) is 11.6 Å².